The monoisotopic (exact) mass is 267 g/mol. The summed E-state index contributed by atoms with van der Waals surface area (Å²) in [6, 6.07) is 1.09. The normalized spacial score (nSPS) is 23.5. The first-order valence-corrected chi connectivity index (χ1v) is 6.30. The van der Waals surface area contributed by atoms with Gasteiger partial charge in [-0.1, -0.05) is 6.92 Å². The van der Waals surface area contributed by atoms with Crippen LogP contribution in [-0.2, 0) is 4.74 Å². The summed E-state index contributed by atoms with van der Waals surface area (Å²) in [5.74, 6) is -0.838. The van der Waals surface area contributed by atoms with Crippen molar-refractivity contribution in [2.24, 2.45) is 0 Å². The lowest BCUT2D eigenvalue weighted by molar-refractivity contribution is 0.0762. The smallest absolute Gasteiger partial charge is 0.253 e. The summed E-state index contributed by atoms with van der Waals surface area (Å²) in [5, 5.41) is 2.88. The summed E-state index contributed by atoms with van der Waals surface area (Å²) in [7, 11) is 1.63. The van der Waals surface area contributed by atoms with E-state index in [9.17, 15) is 9.18 Å². The SMILES string of the molecule is CCN1C[C@H](NC(=O)c2cncc(F)c2)[C@@H](OC)C1. The first-order valence-electron chi connectivity index (χ1n) is 6.30. The average Bonchev–Trinajstić information content (AvgIpc) is 2.81. The van der Waals surface area contributed by atoms with Gasteiger partial charge in [-0.15, -0.1) is 0 Å². The van der Waals surface area contributed by atoms with Crippen LogP contribution in [0.25, 0.3) is 0 Å². The second kappa shape index (κ2) is 6.08. The molecule has 1 aromatic heterocycles. The first-order chi connectivity index (χ1) is 9.13. The van der Waals surface area contributed by atoms with E-state index >= 15 is 0 Å². The van der Waals surface area contributed by atoms with Crippen molar-refractivity contribution in [2.75, 3.05) is 26.7 Å². The Labute approximate surface area is 111 Å². The molecule has 2 rings (SSSR count). The summed E-state index contributed by atoms with van der Waals surface area (Å²) >= 11 is 0. The van der Waals surface area contributed by atoms with Crippen molar-refractivity contribution < 1.29 is 13.9 Å². The van der Waals surface area contributed by atoms with Crippen LogP contribution in [0.15, 0.2) is 18.5 Å². The van der Waals surface area contributed by atoms with Crippen molar-refractivity contribution in [3.8, 4) is 0 Å². The molecule has 0 aliphatic carbocycles. The number of methoxy groups -OCH3 is 1. The standard InChI is InChI=1S/C13H18FN3O2/c1-3-17-7-11(12(8-17)19-2)16-13(18)9-4-10(14)6-15-5-9/h4-6,11-12H,3,7-8H2,1-2H3,(H,16,18)/t11-,12-/m0/s1. The fourth-order valence-electron chi connectivity index (χ4n) is 2.28. The highest BCUT2D eigenvalue weighted by molar-refractivity contribution is 5.94. The van der Waals surface area contributed by atoms with Crippen LogP contribution in [0.1, 0.15) is 17.3 Å². The molecule has 1 fully saturated rings. The van der Waals surface area contributed by atoms with E-state index in [-0.39, 0.29) is 23.6 Å². The number of carbonyl (C=O) groups is 1. The van der Waals surface area contributed by atoms with Crippen molar-refractivity contribution in [3.05, 3.63) is 29.8 Å². The quantitative estimate of drug-likeness (QED) is 0.871. The van der Waals surface area contributed by atoms with Crippen molar-refractivity contribution in [1.29, 1.82) is 0 Å². The van der Waals surface area contributed by atoms with Crippen molar-refractivity contribution in [3.63, 3.8) is 0 Å². The van der Waals surface area contributed by atoms with Crippen LogP contribution < -0.4 is 5.32 Å². The Balaban J connectivity index is 2.02. The second-order valence-electron chi connectivity index (χ2n) is 4.60. The molecule has 2 atom stereocenters. The van der Waals surface area contributed by atoms with Crippen LogP contribution in [0.3, 0.4) is 0 Å². The van der Waals surface area contributed by atoms with Gasteiger partial charge in [0.25, 0.3) is 5.91 Å². The molecule has 6 heteroatoms. The predicted octanol–water partition coefficient (Wildman–Crippen LogP) is 0.670. The van der Waals surface area contributed by atoms with Crippen LogP contribution >= 0.6 is 0 Å². The number of halogens is 1. The first kappa shape index (κ1) is 13.9. The van der Waals surface area contributed by atoms with Crippen LogP contribution in [0, 0.1) is 5.82 Å². The Morgan fingerprint density at radius 2 is 2.37 bits per heavy atom. The number of likely N-dealkylation sites (tertiary alicyclic amines) is 1. The van der Waals surface area contributed by atoms with Gasteiger partial charge in [0.05, 0.1) is 23.9 Å². The molecular weight excluding hydrogens is 249 g/mol. The number of carbonyl (C=O) groups excluding carboxylic acids is 1. The molecule has 1 saturated heterocycles. The summed E-state index contributed by atoms with van der Waals surface area (Å²) in [4.78, 5) is 17.9. The predicted molar refractivity (Wildman–Crippen MR) is 68.4 cm³/mol. The minimum Gasteiger partial charge on any atom is -0.378 e. The third-order valence-corrected chi connectivity index (χ3v) is 3.38. The van der Waals surface area contributed by atoms with Gasteiger partial charge in [0.15, 0.2) is 0 Å². The highest BCUT2D eigenvalue weighted by atomic mass is 19.1. The van der Waals surface area contributed by atoms with E-state index in [0.717, 1.165) is 25.8 Å². The van der Waals surface area contributed by atoms with E-state index in [4.69, 9.17) is 4.74 Å². The molecule has 1 aliphatic heterocycles. The van der Waals surface area contributed by atoms with Crippen LogP contribution in [0.4, 0.5) is 4.39 Å². The van der Waals surface area contributed by atoms with Gasteiger partial charge in [-0.05, 0) is 12.6 Å². The van der Waals surface area contributed by atoms with Crippen molar-refractivity contribution >= 4 is 5.91 Å². The summed E-state index contributed by atoms with van der Waals surface area (Å²) < 4.78 is 18.4. The number of ether oxygens (including phenoxy) is 1. The topological polar surface area (TPSA) is 54.5 Å². The molecule has 0 bridgehead atoms. The maximum absolute atomic E-state index is 13.0. The Morgan fingerprint density at radius 1 is 1.58 bits per heavy atom. The van der Waals surface area contributed by atoms with Gasteiger partial charge >= 0.3 is 0 Å². The maximum atomic E-state index is 13.0. The number of amides is 1. The molecule has 1 aromatic rings. The largest absolute Gasteiger partial charge is 0.378 e. The van der Waals surface area contributed by atoms with Gasteiger partial charge in [0.1, 0.15) is 5.82 Å². The number of nitrogens with one attached hydrogen (secondary N) is 1. The van der Waals surface area contributed by atoms with E-state index in [1.54, 1.807) is 7.11 Å². The molecule has 2 heterocycles. The Bertz CT molecular complexity index is 455. The zero-order chi connectivity index (χ0) is 13.8. The molecular formula is C13H18FN3O2. The number of hydrogen-bond acceptors (Lipinski definition) is 4. The van der Waals surface area contributed by atoms with E-state index in [1.165, 1.54) is 12.3 Å². The summed E-state index contributed by atoms with van der Waals surface area (Å²) in [6.45, 7) is 4.50. The van der Waals surface area contributed by atoms with Crippen LogP contribution in [0.2, 0.25) is 0 Å². The Kier molecular flexibility index (Phi) is 4.44. The zero-order valence-electron chi connectivity index (χ0n) is 11.1. The van der Waals surface area contributed by atoms with Gasteiger partial charge < -0.3 is 10.1 Å². The third kappa shape index (κ3) is 3.27. The van der Waals surface area contributed by atoms with Crippen molar-refractivity contribution in [2.45, 2.75) is 19.1 Å². The summed E-state index contributed by atoms with van der Waals surface area (Å²) in [5.41, 5.74) is 0.227. The van der Waals surface area contributed by atoms with Gasteiger partial charge in [-0.3, -0.25) is 14.7 Å². The molecule has 0 unspecified atom stereocenters. The molecule has 1 aliphatic rings. The fraction of sp³-hybridized carbons (Fsp3) is 0.538. The molecule has 0 spiro atoms. The van der Waals surface area contributed by atoms with Crippen molar-refractivity contribution in [1.82, 2.24) is 15.2 Å². The number of aromatic nitrogens is 1. The van der Waals surface area contributed by atoms with Crippen LogP contribution in [-0.4, -0.2) is 54.7 Å². The number of rotatable bonds is 4. The molecule has 0 radical (unpaired) electrons. The number of pyridine rings is 1. The van der Waals surface area contributed by atoms with Gasteiger partial charge in [0.2, 0.25) is 0 Å². The fourth-order valence-corrected chi connectivity index (χ4v) is 2.28. The Hall–Kier alpha value is -1.53. The molecule has 5 nitrogen and oxygen atoms in total. The molecule has 0 saturated carbocycles. The molecule has 19 heavy (non-hydrogen) atoms. The van der Waals surface area contributed by atoms with E-state index in [1.807, 2.05) is 0 Å². The highest BCUT2D eigenvalue weighted by Gasteiger charge is 2.33. The lowest BCUT2D eigenvalue weighted by Gasteiger charge is -2.18. The van der Waals surface area contributed by atoms with Crippen LogP contribution in [0.5, 0.6) is 0 Å². The second-order valence-corrected chi connectivity index (χ2v) is 4.60. The van der Waals surface area contributed by atoms with E-state index in [2.05, 4.69) is 22.1 Å². The minimum atomic E-state index is -0.516. The Morgan fingerprint density at radius 3 is 3.00 bits per heavy atom. The highest BCUT2D eigenvalue weighted by Crippen LogP contribution is 2.13. The minimum absolute atomic E-state index is 0.0366. The number of nitrogens with zero attached hydrogens (tertiary/aromatic N) is 2. The van der Waals surface area contributed by atoms with Gasteiger partial charge in [0, 0.05) is 26.4 Å². The van der Waals surface area contributed by atoms with E-state index < -0.39 is 5.82 Å². The third-order valence-electron chi connectivity index (χ3n) is 3.38. The lowest BCUT2D eigenvalue weighted by Crippen LogP contribution is -2.43. The number of hydrogen-bond donors (Lipinski definition) is 1. The number of likely N-dealkylation sites (N-methyl/N-ethyl adjacent to an activating group) is 1. The summed E-state index contributed by atoms with van der Waals surface area (Å²) in [6.07, 6.45) is 2.39. The van der Waals surface area contributed by atoms with Gasteiger partial charge in [-0.2, -0.15) is 0 Å². The molecule has 1 amide bonds. The lowest BCUT2D eigenvalue weighted by atomic mass is 10.2. The maximum Gasteiger partial charge on any atom is 0.253 e. The van der Waals surface area contributed by atoms with E-state index in [0.29, 0.717) is 0 Å². The average molecular weight is 267 g/mol. The molecule has 0 aromatic carbocycles. The molecule has 1 N–H and O–H groups in total. The van der Waals surface area contributed by atoms with Gasteiger partial charge in [-0.25, -0.2) is 4.39 Å². The zero-order valence-corrected chi connectivity index (χ0v) is 11.1. The molecule has 104 valence electrons.